The molecule has 1 rings (SSSR count). The number of nitrogens with zero attached hydrogens (tertiary/aromatic N) is 1. The highest BCUT2D eigenvalue weighted by molar-refractivity contribution is 9.10. The van der Waals surface area contributed by atoms with Gasteiger partial charge >= 0.3 is 0 Å². The molecule has 0 unspecified atom stereocenters. The van der Waals surface area contributed by atoms with E-state index in [0.29, 0.717) is 5.82 Å². The predicted molar refractivity (Wildman–Crippen MR) is 59.1 cm³/mol. The maximum atomic E-state index is 11.2. The number of halogens is 1. The van der Waals surface area contributed by atoms with Crippen molar-refractivity contribution < 1.29 is 4.79 Å². The first-order chi connectivity index (χ1) is 6.65. The summed E-state index contributed by atoms with van der Waals surface area (Å²) in [5, 5.41) is 5.55. The van der Waals surface area contributed by atoms with Crippen LogP contribution in [-0.2, 0) is 4.79 Å². The smallest absolute Gasteiger partial charge is 0.241 e. The van der Waals surface area contributed by atoms with E-state index in [1.165, 1.54) is 0 Å². The van der Waals surface area contributed by atoms with Crippen LogP contribution < -0.4 is 10.6 Å². The highest BCUT2D eigenvalue weighted by atomic mass is 79.9. The van der Waals surface area contributed by atoms with E-state index in [9.17, 15) is 4.79 Å². The number of likely N-dealkylation sites (N-methyl/N-ethyl adjacent to an activating group) is 1. The monoisotopic (exact) mass is 257 g/mol. The largest absolute Gasteiger partial charge is 0.358 e. The van der Waals surface area contributed by atoms with Crippen molar-refractivity contribution in [1.82, 2.24) is 10.3 Å². The summed E-state index contributed by atoms with van der Waals surface area (Å²) >= 11 is 3.34. The minimum Gasteiger partial charge on any atom is -0.358 e. The first-order valence-electron chi connectivity index (χ1n) is 4.23. The van der Waals surface area contributed by atoms with E-state index in [1.54, 1.807) is 20.2 Å². The molecule has 0 radical (unpaired) electrons. The molecule has 0 aliphatic rings. The Hall–Kier alpha value is -1.10. The standard InChI is InChI=1S/C9H12BrN3O/c1-6(9(14)11-2)13-8-7(10)4-3-5-12-8/h3-6H,1-2H3,(H,11,14)(H,12,13)/t6-/m0/s1. The fourth-order valence-electron chi connectivity index (χ4n) is 0.979. The van der Waals surface area contributed by atoms with Crippen LogP contribution in [0.5, 0.6) is 0 Å². The molecule has 2 N–H and O–H groups in total. The lowest BCUT2D eigenvalue weighted by Crippen LogP contribution is -2.35. The minimum atomic E-state index is -0.300. The molecule has 0 bridgehead atoms. The number of amides is 1. The molecule has 1 amide bonds. The molecule has 1 aromatic heterocycles. The molecule has 5 heteroatoms. The zero-order valence-corrected chi connectivity index (χ0v) is 9.63. The summed E-state index contributed by atoms with van der Waals surface area (Å²) in [5.41, 5.74) is 0. The van der Waals surface area contributed by atoms with Crippen LogP contribution >= 0.6 is 15.9 Å². The Kier molecular flexibility index (Phi) is 3.88. The van der Waals surface area contributed by atoms with Crippen molar-refractivity contribution in [2.75, 3.05) is 12.4 Å². The molecule has 0 fully saturated rings. The average molecular weight is 258 g/mol. The molecule has 0 saturated heterocycles. The molecule has 0 aliphatic heterocycles. The highest BCUT2D eigenvalue weighted by Gasteiger charge is 2.11. The Morgan fingerprint density at radius 1 is 1.64 bits per heavy atom. The van der Waals surface area contributed by atoms with E-state index in [1.807, 2.05) is 12.1 Å². The van der Waals surface area contributed by atoms with Crippen LogP contribution in [0, 0.1) is 0 Å². The summed E-state index contributed by atoms with van der Waals surface area (Å²) in [7, 11) is 1.61. The van der Waals surface area contributed by atoms with Gasteiger partial charge in [-0.25, -0.2) is 4.98 Å². The second-order valence-corrected chi connectivity index (χ2v) is 3.67. The zero-order chi connectivity index (χ0) is 10.6. The third-order valence-corrected chi connectivity index (χ3v) is 2.39. The third kappa shape index (κ3) is 2.70. The van der Waals surface area contributed by atoms with Gasteiger partial charge in [0, 0.05) is 13.2 Å². The summed E-state index contributed by atoms with van der Waals surface area (Å²) in [4.78, 5) is 15.3. The van der Waals surface area contributed by atoms with Gasteiger partial charge in [-0.1, -0.05) is 0 Å². The van der Waals surface area contributed by atoms with Crippen molar-refractivity contribution in [3.63, 3.8) is 0 Å². The Morgan fingerprint density at radius 3 is 2.93 bits per heavy atom. The number of anilines is 1. The van der Waals surface area contributed by atoms with Crippen LogP contribution in [0.1, 0.15) is 6.92 Å². The van der Waals surface area contributed by atoms with Crippen LogP contribution in [0.2, 0.25) is 0 Å². The van der Waals surface area contributed by atoms with Crippen molar-refractivity contribution in [3.8, 4) is 0 Å². The second-order valence-electron chi connectivity index (χ2n) is 2.81. The molecule has 1 aromatic rings. The summed E-state index contributed by atoms with van der Waals surface area (Å²) in [6, 6.07) is 3.39. The topological polar surface area (TPSA) is 54.0 Å². The number of hydrogen-bond donors (Lipinski definition) is 2. The third-order valence-electron chi connectivity index (χ3n) is 1.75. The van der Waals surface area contributed by atoms with E-state index >= 15 is 0 Å². The fraction of sp³-hybridized carbons (Fsp3) is 0.333. The maximum absolute atomic E-state index is 11.2. The molecule has 1 atom stereocenters. The van der Waals surface area contributed by atoms with Crippen LogP contribution in [0.15, 0.2) is 22.8 Å². The summed E-state index contributed by atoms with van der Waals surface area (Å²) in [6.07, 6.45) is 1.67. The van der Waals surface area contributed by atoms with Crippen LogP contribution in [-0.4, -0.2) is 24.0 Å². The van der Waals surface area contributed by atoms with Crippen molar-refractivity contribution >= 4 is 27.7 Å². The SMILES string of the molecule is CNC(=O)[C@H](C)Nc1ncccc1Br. The summed E-state index contributed by atoms with van der Waals surface area (Å²) in [5.74, 6) is 0.603. The highest BCUT2D eigenvalue weighted by Crippen LogP contribution is 2.18. The van der Waals surface area contributed by atoms with Crippen LogP contribution in [0.4, 0.5) is 5.82 Å². The molecule has 0 aliphatic carbocycles. The Morgan fingerprint density at radius 2 is 2.36 bits per heavy atom. The maximum Gasteiger partial charge on any atom is 0.241 e. The number of hydrogen-bond acceptors (Lipinski definition) is 3. The lowest BCUT2D eigenvalue weighted by Gasteiger charge is -2.13. The van der Waals surface area contributed by atoms with Gasteiger partial charge in [-0.3, -0.25) is 4.79 Å². The van der Waals surface area contributed by atoms with E-state index in [0.717, 1.165) is 4.47 Å². The molecule has 0 spiro atoms. The first-order valence-corrected chi connectivity index (χ1v) is 5.03. The lowest BCUT2D eigenvalue weighted by molar-refractivity contribution is -0.121. The van der Waals surface area contributed by atoms with Crippen LogP contribution in [0.25, 0.3) is 0 Å². The zero-order valence-electron chi connectivity index (χ0n) is 8.04. The number of carbonyl (C=O) groups is 1. The van der Waals surface area contributed by atoms with Gasteiger partial charge < -0.3 is 10.6 Å². The van der Waals surface area contributed by atoms with Gasteiger partial charge in [-0.15, -0.1) is 0 Å². The summed E-state index contributed by atoms with van der Waals surface area (Å²) < 4.78 is 0.843. The minimum absolute atomic E-state index is 0.0671. The van der Waals surface area contributed by atoms with E-state index < -0.39 is 0 Å². The molecule has 0 aromatic carbocycles. The van der Waals surface area contributed by atoms with Gasteiger partial charge in [0.05, 0.1) is 4.47 Å². The molecule has 14 heavy (non-hydrogen) atoms. The molecule has 1 heterocycles. The van der Waals surface area contributed by atoms with Gasteiger partial charge in [0.15, 0.2) is 0 Å². The Balaban J connectivity index is 2.69. The Bertz CT molecular complexity index is 330. The molecule has 0 saturated carbocycles. The van der Waals surface area contributed by atoms with E-state index in [-0.39, 0.29) is 11.9 Å². The van der Waals surface area contributed by atoms with Gasteiger partial charge in [-0.2, -0.15) is 0 Å². The molecule has 76 valence electrons. The quantitative estimate of drug-likeness (QED) is 0.861. The molecule has 4 nitrogen and oxygen atoms in total. The average Bonchev–Trinajstić information content (AvgIpc) is 2.20. The summed E-state index contributed by atoms with van der Waals surface area (Å²) in [6.45, 7) is 1.78. The normalized spacial score (nSPS) is 11.9. The number of aromatic nitrogens is 1. The van der Waals surface area contributed by atoms with Gasteiger partial charge in [-0.05, 0) is 35.0 Å². The predicted octanol–water partition coefficient (Wildman–Crippen LogP) is 1.39. The van der Waals surface area contributed by atoms with Gasteiger partial charge in [0.25, 0.3) is 0 Å². The lowest BCUT2D eigenvalue weighted by atomic mass is 10.3. The van der Waals surface area contributed by atoms with Crippen LogP contribution in [0.3, 0.4) is 0 Å². The van der Waals surface area contributed by atoms with Gasteiger partial charge in [0.2, 0.25) is 5.91 Å². The van der Waals surface area contributed by atoms with Crippen molar-refractivity contribution in [1.29, 1.82) is 0 Å². The second kappa shape index (κ2) is 4.95. The van der Waals surface area contributed by atoms with Gasteiger partial charge in [0.1, 0.15) is 11.9 Å². The molecular formula is C9H12BrN3O. The number of carbonyl (C=O) groups excluding carboxylic acids is 1. The number of nitrogens with one attached hydrogen (secondary N) is 2. The van der Waals surface area contributed by atoms with Crippen molar-refractivity contribution in [3.05, 3.63) is 22.8 Å². The van der Waals surface area contributed by atoms with Crippen molar-refractivity contribution in [2.24, 2.45) is 0 Å². The fourth-order valence-corrected chi connectivity index (χ4v) is 1.35. The molecular weight excluding hydrogens is 246 g/mol. The first kappa shape index (κ1) is 11.0. The van der Waals surface area contributed by atoms with E-state index in [2.05, 4.69) is 31.5 Å². The van der Waals surface area contributed by atoms with Crippen molar-refractivity contribution in [2.45, 2.75) is 13.0 Å². The number of rotatable bonds is 3. The number of pyridine rings is 1. The van der Waals surface area contributed by atoms with E-state index in [4.69, 9.17) is 0 Å². The Labute approximate surface area is 91.2 Å².